The number of fused-ring (bicyclic) bond motifs is 1. The maximum absolute atomic E-state index is 11.9. The van der Waals surface area contributed by atoms with Crippen molar-refractivity contribution in [2.75, 3.05) is 6.61 Å². The van der Waals surface area contributed by atoms with E-state index in [4.69, 9.17) is 10.5 Å². The Bertz CT molecular complexity index is 412. The standard InChI is InChI=1S/C12H13N2O2.Li/c13-10-6-9-7-16-12(14(9)11(10)15)8-4-2-1-3-5-8;/h1-5,10,12H,6-7,13H2;/q-1;+1/t10-,12+;/m0./s1. The smallest absolute Gasteiger partial charge is 0.460 e. The zero-order valence-electron chi connectivity index (χ0n) is 9.80. The third-order valence-electron chi connectivity index (χ3n) is 3.08. The summed E-state index contributed by atoms with van der Waals surface area (Å²) in [6.45, 7) is 0.513. The summed E-state index contributed by atoms with van der Waals surface area (Å²) in [5.41, 5.74) is 6.74. The van der Waals surface area contributed by atoms with Gasteiger partial charge in [-0.1, -0.05) is 36.9 Å². The Balaban J connectivity index is 0.00000108. The van der Waals surface area contributed by atoms with Crippen molar-refractivity contribution in [2.24, 2.45) is 5.73 Å². The number of nitrogens with two attached hydrogens (primary N) is 1. The SMILES string of the molecule is N[C@H]1C[C-]2CO[C@H](c3ccccc3)N2C1=O.[Li+]. The van der Waals surface area contributed by atoms with Crippen molar-refractivity contribution >= 4 is 5.91 Å². The second-order valence-electron chi connectivity index (χ2n) is 4.16. The Morgan fingerprint density at radius 1 is 1.35 bits per heavy atom. The van der Waals surface area contributed by atoms with Crippen LogP contribution in [0.4, 0.5) is 0 Å². The van der Waals surface area contributed by atoms with E-state index < -0.39 is 0 Å². The summed E-state index contributed by atoms with van der Waals surface area (Å²) < 4.78 is 5.64. The van der Waals surface area contributed by atoms with Crippen molar-refractivity contribution in [1.29, 1.82) is 0 Å². The second-order valence-corrected chi connectivity index (χ2v) is 4.16. The first-order valence-corrected chi connectivity index (χ1v) is 5.37. The molecule has 84 valence electrons. The number of rotatable bonds is 1. The molecule has 0 aliphatic carbocycles. The molecule has 4 nitrogen and oxygen atoms in total. The topological polar surface area (TPSA) is 55.6 Å². The number of nitrogens with zero attached hydrogens (tertiary/aromatic N) is 1. The van der Waals surface area contributed by atoms with Gasteiger partial charge >= 0.3 is 18.9 Å². The molecule has 1 aromatic carbocycles. The Morgan fingerprint density at radius 3 is 2.76 bits per heavy atom. The molecule has 0 spiro atoms. The molecule has 0 aromatic heterocycles. The van der Waals surface area contributed by atoms with Crippen LogP contribution in [0.15, 0.2) is 30.3 Å². The maximum atomic E-state index is 11.9. The van der Waals surface area contributed by atoms with Crippen molar-refractivity contribution in [2.45, 2.75) is 18.7 Å². The third-order valence-corrected chi connectivity index (χ3v) is 3.08. The zero-order chi connectivity index (χ0) is 11.1. The molecule has 0 radical (unpaired) electrons. The van der Waals surface area contributed by atoms with Crippen LogP contribution >= 0.6 is 0 Å². The number of amides is 1. The Labute approximate surface area is 112 Å². The number of carbonyl (C=O) groups is 1. The third kappa shape index (κ3) is 2.02. The van der Waals surface area contributed by atoms with Gasteiger partial charge < -0.3 is 15.4 Å². The first-order valence-electron chi connectivity index (χ1n) is 5.37. The number of carbonyl (C=O) groups excluding carboxylic acids is 1. The summed E-state index contributed by atoms with van der Waals surface area (Å²) in [6, 6.07) is 10.4. The Hall–Kier alpha value is -0.793. The van der Waals surface area contributed by atoms with E-state index in [-0.39, 0.29) is 37.0 Å². The molecular formula is C12H13LiN2O2. The molecule has 1 aromatic rings. The summed E-state index contributed by atoms with van der Waals surface area (Å²) in [6.07, 6.45) is 0.347. The van der Waals surface area contributed by atoms with Crippen LogP contribution in [0, 0.1) is 6.04 Å². The molecule has 2 heterocycles. The van der Waals surface area contributed by atoms with Gasteiger partial charge in [-0.15, -0.1) is 6.42 Å². The minimum atomic E-state index is -0.384. The molecule has 0 bridgehead atoms. The Morgan fingerprint density at radius 2 is 2.06 bits per heavy atom. The van der Waals surface area contributed by atoms with Crippen molar-refractivity contribution in [3.05, 3.63) is 41.9 Å². The fourth-order valence-electron chi connectivity index (χ4n) is 2.30. The average Bonchev–Trinajstić information content (AvgIpc) is 2.83. The molecule has 0 unspecified atom stereocenters. The van der Waals surface area contributed by atoms with Crippen LogP contribution in [0.2, 0.25) is 0 Å². The summed E-state index contributed by atoms with van der Waals surface area (Å²) in [5.74, 6) is -0.0265. The second kappa shape index (κ2) is 4.83. The number of ether oxygens (including phenoxy) is 1. The molecule has 3 rings (SSSR count). The van der Waals surface area contributed by atoms with Gasteiger partial charge in [-0.25, -0.2) is 0 Å². The van der Waals surface area contributed by atoms with E-state index in [0.717, 1.165) is 11.6 Å². The predicted molar refractivity (Wildman–Crippen MR) is 57.8 cm³/mol. The summed E-state index contributed by atoms with van der Waals surface area (Å²) in [5, 5.41) is 0. The van der Waals surface area contributed by atoms with Crippen LogP contribution in [-0.4, -0.2) is 23.5 Å². The van der Waals surface area contributed by atoms with E-state index in [2.05, 4.69) is 0 Å². The fraction of sp³-hybridized carbons (Fsp3) is 0.333. The van der Waals surface area contributed by atoms with E-state index in [1.807, 2.05) is 30.3 Å². The van der Waals surface area contributed by atoms with E-state index in [0.29, 0.717) is 13.0 Å². The van der Waals surface area contributed by atoms with Gasteiger partial charge in [-0.2, -0.15) is 6.04 Å². The molecule has 5 heteroatoms. The number of hydrogen-bond acceptors (Lipinski definition) is 3. The van der Waals surface area contributed by atoms with Crippen LogP contribution in [0.25, 0.3) is 0 Å². The van der Waals surface area contributed by atoms with Crippen LogP contribution in [0.5, 0.6) is 0 Å². The van der Waals surface area contributed by atoms with E-state index >= 15 is 0 Å². The predicted octanol–water partition coefficient (Wildman–Crippen LogP) is -2.19. The number of hydrogen-bond donors (Lipinski definition) is 1. The van der Waals surface area contributed by atoms with Gasteiger partial charge in [0.1, 0.15) is 6.23 Å². The van der Waals surface area contributed by atoms with Gasteiger partial charge in [-0.05, 0) is 5.56 Å². The normalized spacial score (nSPS) is 28.1. The zero-order valence-corrected chi connectivity index (χ0v) is 9.80. The first-order chi connectivity index (χ1) is 7.77. The fourth-order valence-corrected chi connectivity index (χ4v) is 2.30. The largest absolute Gasteiger partial charge is 1.00 e. The van der Waals surface area contributed by atoms with Gasteiger partial charge in [0, 0.05) is 0 Å². The van der Waals surface area contributed by atoms with Gasteiger partial charge in [0.25, 0.3) is 0 Å². The summed E-state index contributed by atoms with van der Waals surface area (Å²) in [7, 11) is 0. The van der Waals surface area contributed by atoms with Crippen LogP contribution in [0.3, 0.4) is 0 Å². The van der Waals surface area contributed by atoms with Crippen molar-refractivity contribution in [3.8, 4) is 0 Å². The van der Waals surface area contributed by atoms with E-state index in [9.17, 15) is 4.79 Å². The van der Waals surface area contributed by atoms with Crippen LogP contribution in [0.1, 0.15) is 18.2 Å². The molecule has 2 aliphatic rings. The van der Waals surface area contributed by atoms with Crippen LogP contribution < -0.4 is 24.6 Å². The van der Waals surface area contributed by atoms with Crippen LogP contribution in [-0.2, 0) is 9.53 Å². The monoisotopic (exact) mass is 224 g/mol. The Kier molecular flexibility index (Phi) is 3.60. The minimum absolute atomic E-state index is 0. The van der Waals surface area contributed by atoms with E-state index in [1.54, 1.807) is 4.90 Å². The molecule has 2 aliphatic heterocycles. The molecule has 17 heavy (non-hydrogen) atoms. The molecule has 2 fully saturated rings. The van der Waals surface area contributed by atoms with Gasteiger partial charge in [0.05, 0.1) is 6.04 Å². The summed E-state index contributed by atoms with van der Waals surface area (Å²) in [4.78, 5) is 13.6. The molecule has 2 atom stereocenters. The molecule has 1 amide bonds. The van der Waals surface area contributed by atoms with Gasteiger partial charge in [-0.3, -0.25) is 4.79 Å². The van der Waals surface area contributed by atoms with Gasteiger partial charge in [0.2, 0.25) is 5.91 Å². The number of benzene rings is 1. The van der Waals surface area contributed by atoms with Gasteiger partial charge in [0.15, 0.2) is 0 Å². The van der Waals surface area contributed by atoms with Crippen molar-refractivity contribution < 1.29 is 28.4 Å². The maximum Gasteiger partial charge on any atom is 1.00 e. The molecule has 0 saturated carbocycles. The molecule has 2 N–H and O–H groups in total. The molecular weight excluding hydrogens is 211 g/mol. The first kappa shape index (κ1) is 12.7. The van der Waals surface area contributed by atoms with Crippen molar-refractivity contribution in [3.63, 3.8) is 0 Å². The molecule has 2 saturated heterocycles. The minimum Gasteiger partial charge on any atom is -0.460 e. The average molecular weight is 224 g/mol. The van der Waals surface area contributed by atoms with E-state index in [1.165, 1.54) is 0 Å². The summed E-state index contributed by atoms with van der Waals surface area (Å²) >= 11 is 0. The quantitative estimate of drug-likeness (QED) is 0.435. The van der Waals surface area contributed by atoms with Crippen molar-refractivity contribution in [1.82, 2.24) is 4.90 Å².